The van der Waals surface area contributed by atoms with Crippen LogP contribution in [0.3, 0.4) is 0 Å². The van der Waals surface area contributed by atoms with E-state index in [0.717, 1.165) is 35.1 Å². The number of benzene rings is 4. The van der Waals surface area contributed by atoms with Gasteiger partial charge in [-0.2, -0.15) is 0 Å². The number of alkyl carbamates (subject to hydrolysis) is 1. The Morgan fingerprint density at radius 3 is 2.06 bits per heavy atom. The van der Waals surface area contributed by atoms with Crippen molar-refractivity contribution < 1.29 is 19.1 Å². The number of carbonyl (C=O) groups is 3. The van der Waals surface area contributed by atoms with Crippen LogP contribution in [-0.4, -0.2) is 51.9 Å². The number of rotatable bonds is 15. The number of amides is 3. The number of hydrogen-bond acceptors (Lipinski definition) is 5. The molecule has 0 spiro atoms. The monoisotopic (exact) mass is 629 g/mol. The average Bonchev–Trinajstić information content (AvgIpc) is 3.63. The van der Waals surface area contributed by atoms with Crippen LogP contribution in [0, 0.1) is 0 Å². The second-order valence-corrected chi connectivity index (χ2v) is 11.2. The van der Waals surface area contributed by atoms with Gasteiger partial charge in [-0.1, -0.05) is 115 Å². The highest BCUT2D eigenvalue weighted by molar-refractivity contribution is 5.89. The Morgan fingerprint density at radius 2 is 1.40 bits per heavy atom. The first kappa shape index (κ1) is 32.7. The molecule has 3 N–H and O–H groups in total. The van der Waals surface area contributed by atoms with Gasteiger partial charge < -0.3 is 25.3 Å². The summed E-state index contributed by atoms with van der Waals surface area (Å²) in [6.07, 6.45) is 4.12. The number of aromatic nitrogens is 2. The summed E-state index contributed by atoms with van der Waals surface area (Å²) < 4.78 is 5.44. The van der Waals surface area contributed by atoms with E-state index < -0.39 is 18.0 Å². The molecule has 3 amide bonds. The predicted molar refractivity (Wildman–Crippen MR) is 181 cm³/mol. The minimum Gasteiger partial charge on any atom is -0.445 e. The van der Waals surface area contributed by atoms with Crippen molar-refractivity contribution in [2.45, 2.75) is 38.5 Å². The van der Waals surface area contributed by atoms with Crippen LogP contribution < -0.4 is 10.6 Å². The second kappa shape index (κ2) is 17.1. The molecule has 1 heterocycles. The molecule has 0 aliphatic carbocycles. The first-order chi connectivity index (χ1) is 23.0. The number of nitrogens with zero attached hydrogens (tertiary/aromatic N) is 2. The lowest BCUT2D eigenvalue weighted by molar-refractivity contribution is -0.138. The van der Waals surface area contributed by atoms with E-state index in [-0.39, 0.29) is 32.0 Å². The van der Waals surface area contributed by atoms with Gasteiger partial charge in [0.05, 0.1) is 12.9 Å². The van der Waals surface area contributed by atoms with Crippen molar-refractivity contribution in [3.05, 3.63) is 150 Å². The molecular formula is C38H39N5O4. The third-order valence-corrected chi connectivity index (χ3v) is 7.67. The Morgan fingerprint density at radius 1 is 0.766 bits per heavy atom. The van der Waals surface area contributed by atoms with Crippen LogP contribution in [0.25, 0.3) is 11.1 Å². The smallest absolute Gasteiger partial charge is 0.408 e. The van der Waals surface area contributed by atoms with E-state index in [2.05, 4.69) is 32.7 Å². The fraction of sp³-hybridized carbons (Fsp3) is 0.211. The van der Waals surface area contributed by atoms with Crippen LogP contribution in [0.15, 0.2) is 128 Å². The van der Waals surface area contributed by atoms with Gasteiger partial charge in [0.15, 0.2) is 0 Å². The zero-order chi connectivity index (χ0) is 32.7. The Bertz CT molecular complexity index is 1680. The quantitative estimate of drug-likeness (QED) is 0.129. The molecule has 0 saturated heterocycles. The lowest BCUT2D eigenvalue weighted by Crippen LogP contribution is -2.52. The highest BCUT2D eigenvalue weighted by Crippen LogP contribution is 2.20. The standard InChI is InChI=1S/C38H39N5O4/c44-36(40-22-10-15-29-11-4-1-5-12-29)26-43(25-30-18-20-33(21-19-30)32-16-8-3-9-17-32)37(45)35(23-34-24-39-28-41-34)42-38(46)47-27-31-13-6-2-7-14-31/h1-9,11-14,16-21,24,28,35H,10,15,22-23,25-27H2,(H,39,41)(H,40,44)(H,42,46)/t35-/m0/s1. The molecular weight excluding hydrogens is 590 g/mol. The molecule has 0 bridgehead atoms. The zero-order valence-electron chi connectivity index (χ0n) is 26.2. The minimum absolute atomic E-state index is 0.0561. The molecule has 1 atom stereocenters. The van der Waals surface area contributed by atoms with Crippen LogP contribution in [0.4, 0.5) is 4.79 Å². The van der Waals surface area contributed by atoms with E-state index in [9.17, 15) is 14.4 Å². The van der Waals surface area contributed by atoms with Gasteiger partial charge in [-0.15, -0.1) is 0 Å². The molecule has 240 valence electrons. The summed E-state index contributed by atoms with van der Waals surface area (Å²) in [6, 6.07) is 36.3. The number of ether oxygens (including phenoxy) is 1. The molecule has 47 heavy (non-hydrogen) atoms. The van der Waals surface area contributed by atoms with E-state index in [1.54, 1.807) is 6.20 Å². The van der Waals surface area contributed by atoms with E-state index in [0.29, 0.717) is 12.2 Å². The van der Waals surface area contributed by atoms with Crippen molar-refractivity contribution in [2.24, 2.45) is 0 Å². The molecule has 0 fully saturated rings. The fourth-order valence-corrected chi connectivity index (χ4v) is 5.20. The Kier molecular flexibility index (Phi) is 11.9. The zero-order valence-corrected chi connectivity index (χ0v) is 26.2. The van der Waals surface area contributed by atoms with Gasteiger partial charge in [0.2, 0.25) is 11.8 Å². The van der Waals surface area contributed by atoms with Crippen LogP contribution in [0.5, 0.6) is 0 Å². The third-order valence-electron chi connectivity index (χ3n) is 7.67. The maximum absolute atomic E-state index is 14.2. The van der Waals surface area contributed by atoms with Crippen molar-refractivity contribution >= 4 is 17.9 Å². The van der Waals surface area contributed by atoms with Crippen LogP contribution in [0.1, 0.15) is 28.8 Å². The molecule has 1 aromatic heterocycles. The van der Waals surface area contributed by atoms with Crippen LogP contribution >= 0.6 is 0 Å². The molecule has 9 nitrogen and oxygen atoms in total. The van der Waals surface area contributed by atoms with Gasteiger partial charge in [0, 0.05) is 31.4 Å². The normalized spacial score (nSPS) is 11.3. The largest absolute Gasteiger partial charge is 0.445 e. The molecule has 5 rings (SSSR count). The van der Waals surface area contributed by atoms with Crippen molar-refractivity contribution in [2.75, 3.05) is 13.1 Å². The van der Waals surface area contributed by atoms with Gasteiger partial charge in [-0.25, -0.2) is 9.78 Å². The van der Waals surface area contributed by atoms with Crippen LogP contribution in [-0.2, 0) is 40.3 Å². The highest BCUT2D eigenvalue weighted by Gasteiger charge is 2.29. The molecule has 0 radical (unpaired) electrons. The number of H-pyrrole nitrogens is 1. The summed E-state index contributed by atoms with van der Waals surface area (Å²) in [5.74, 6) is -0.693. The van der Waals surface area contributed by atoms with Crippen LogP contribution in [0.2, 0.25) is 0 Å². The van der Waals surface area contributed by atoms with Gasteiger partial charge in [-0.3, -0.25) is 9.59 Å². The molecule has 0 aliphatic rings. The maximum atomic E-state index is 14.2. The predicted octanol–water partition coefficient (Wildman–Crippen LogP) is 5.69. The number of nitrogens with one attached hydrogen (secondary N) is 3. The number of aryl methyl sites for hydroxylation is 1. The van der Waals surface area contributed by atoms with Crippen molar-refractivity contribution in [3.8, 4) is 11.1 Å². The minimum atomic E-state index is -1.01. The van der Waals surface area contributed by atoms with Gasteiger partial charge in [-0.05, 0) is 40.7 Å². The molecule has 0 saturated carbocycles. The SMILES string of the molecule is O=C(CN(Cc1ccc(-c2ccccc2)cc1)C(=O)[C@H](Cc1cnc[nH]1)NC(=O)OCc1ccccc1)NCCCc1ccccc1. The van der Waals surface area contributed by atoms with E-state index in [1.165, 1.54) is 16.8 Å². The van der Waals surface area contributed by atoms with Gasteiger partial charge >= 0.3 is 6.09 Å². The van der Waals surface area contributed by atoms with Crippen molar-refractivity contribution in [1.29, 1.82) is 0 Å². The van der Waals surface area contributed by atoms with E-state index in [1.807, 2.05) is 103 Å². The first-order valence-electron chi connectivity index (χ1n) is 15.7. The molecule has 5 aromatic rings. The molecule has 0 unspecified atom stereocenters. The van der Waals surface area contributed by atoms with Gasteiger partial charge in [0.1, 0.15) is 12.6 Å². The first-order valence-corrected chi connectivity index (χ1v) is 15.7. The van der Waals surface area contributed by atoms with Crippen molar-refractivity contribution in [1.82, 2.24) is 25.5 Å². The molecule has 0 aliphatic heterocycles. The average molecular weight is 630 g/mol. The molecule has 4 aromatic carbocycles. The summed E-state index contributed by atoms with van der Waals surface area (Å²) >= 11 is 0. The number of imidazole rings is 1. The lowest BCUT2D eigenvalue weighted by Gasteiger charge is -2.27. The van der Waals surface area contributed by atoms with E-state index in [4.69, 9.17) is 4.74 Å². The Hall–Kier alpha value is -5.70. The summed E-state index contributed by atoms with van der Waals surface area (Å²) in [4.78, 5) is 48.8. The highest BCUT2D eigenvalue weighted by atomic mass is 16.5. The third kappa shape index (κ3) is 10.4. The Labute approximate surface area is 275 Å². The van der Waals surface area contributed by atoms with E-state index >= 15 is 0 Å². The molecule has 9 heteroatoms. The fourth-order valence-electron chi connectivity index (χ4n) is 5.20. The van der Waals surface area contributed by atoms with Gasteiger partial charge in [0.25, 0.3) is 0 Å². The number of aromatic amines is 1. The Balaban J connectivity index is 1.29. The summed E-state index contributed by atoms with van der Waals surface area (Å²) in [5, 5.41) is 5.69. The number of hydrogen-bond donors (Lipinski definition) is 3. The summed E-state index contributed by atoms with van der Waals surface area (Å²) in [6.45, 7) is 0.528. The lowest BCUT2D eigenvalue weighted by atomic mass is 10.0. The topological polar surface area (TPSA) is 116 Å². The summed E-state index contributed by atoms with van der Waals surface area (Å²) in [7, 11) is 0. The maximum Gasteiger partial charge on any atom is 0.408 e. The van der Waals surface area contributed by atoms with Crippen molar-refractivity contribution in [3.63, 3.8) is 0 Å². The number of carbonyl (C=O) groups excluding carboxylic acids is 3. The summed E-state index contributed by atoms with van der Waals surface area (Å²) in [5.41, 5.74) is 5.65. The second-order valence-electron chi connectivity index (χ2n) is 11.2.